The fourth-order valence-corrected chi connectivity index (χ4v) is 1.97. The molecule has 0 N–H and O–H groups in total. The molecule has 0 unspecified atom stereocenters. The third kappa shape index (κ3) is 0.729. The molecule has 0 heterocycles. The van der Waals surface area contributed by atoms with Crippen LogP contribution in [0, 0.1) is 11.8 Å². The van der Waals surface area contributed by atoms with E-state index >= 15 is 0 Å². The van der Waals surface area contributed by atoms with E-state index in [1.807, 2.05) is 0 Å². The number of carbonyl (C=O) groups excluding carboxylic acids is 1. The summed E-state index contributed by atoms with van der Waals surface area (Å²) >= 11 is 0. The maximum Gasteiger partial charge on any atom is 0.235 e. The van der Waals surface area contributed by atoms with Gasteiger partial charge in [-0.1, -0.05) is 12.2 Å². The minimum Gasteiger partial charge on any atom is -0.211 e. The highest BCUT2D eigenvalue weighted by atomic mass is 16.1. The number of allylic oxidation sites excluding steroid dienone is 1. The average Bonchev–Trinajstić information content (AvgIpc) is 2.48. The first-order chi connectivity index (χ1) is 4.90. The molecule has 0 aromatic heterocycles. The second-order valence-corrected chi connectivity index (χ2v) is 3.07. The molecule has 0 saturated heterocycles. The Morgan fingerprint density at radius 2 is 2.30 bits per heavy atom. The molecular weight excluding hydrogens is 126 g/mol. The highest BCUT2D eigenvalue weighted by Gasteiger charge is 2.35. The first-order valence-corrected chi connectivity index (χ1v) is 3.65. The lowest BCUT2D eigenvalue weighted by atomic mass is 10.0. The number of hydrogen-bond donors (Lipinski definition) is 0. The molecule has 0 aromatic carbocycles. The molecule has 10 heavy (non-hydrogen) atoms. The van der Waals surface area contributed by atoms with Crippen LogP contribution in [0.1, 0.15) is 12.8 Å². The van der Waals surface area contributed by atoms with Crippen LogP contribution in [0.25, 0.3) is 0 Å². The Bertz CT molecular complexity index is 215. The Morgan fingerprint density at radius 1 is 1.40 bits per heavy atom. The molecule has 2 nitrogen and oxygen atoms in total. The highest BCUT2D eigenvalue weighted by molar-refractivity contribution is 5.34. The summed E-state index contributed by atoms with van der Waals surface area (Å²) < 4.78 is 0. The average molecular weight is 135 g/mol. The predicted octanol–water partition coefficient (Wildman–Crippen LogP) is 1.29. The van der Waals surface area contributed by atoms with Crippen molar-refractivity contribution in [1.82, 2.24) is 0 Å². The third-order valence-corrected chi connectivity index (χ3v) is 2.46. The number of fused-ring (bicyclic) bond motifs is 2. The SMILES string of the molecule is O=C=N[C@H]1C[C@@H]2C=C[C@H]1C2. The summed E-state index contributed by atoms with van der Waals surface area (Å²) in [5, 5.41) is 0. The van der Waals surface area contributed by atoms with Gasteiger partial charge in [-0.25, -0.2) is 9.79 Å². The Morgan fingerprint density at radius 3 is 2.80 bits per heavy atom. The van der Waals surface area contributed by atoms with Crippen LogP contribution in [-0.2, 0) is 4.79 Å². The Balaban J connectivity index is 2.16. The lowest BCUT2D eigenvalue weighted by Gasteiger charge is -2.09. The highest BCUT2D eigenvalue weighted by Crippen LogP contribution is 2.40. The number of nitrogens with zero attached hydrogens (tertiary/aromatic N) is 1. The van der Waals surface area contributed by atoms with Gasteiger partial charge in [0.15, 0.2) is 0 Å². The van der Waals surface area contributed by atoms with Crippen molar-refractivity contribution in [3.05, 3.63) is 12.2 Å². The molecule has 2 aliphatic carbocycles. The van der Waals surface area contributed by atoms with Crippen molar-refractivity contribution in [2.24, 2.45) is 16.8 Å². The second-order valence-electron chi connectivity index (χ2n) is 3.07. The molecule has 3 atom stereocenters. The van der Waals surface area contributed by atoms with E-state index in [9.17, 15) is 4.79 Å². The van der Waals surface area contributed by atoms with Gasteiger partial charge in [0.25, 0.3) is 0 Å². The normalized spacial score (nSPS) is 41.8. The van der Waals surface area contributed by atoms with Crippen LogP contribution < -0.4 is 0 Å². The Labute approximate surface area is 59.6 Å². The topological polar surface area (TPSA) is 29.4 Å². The molecule has 2 rings (SSSR count). The molecule has 0 aromatic rings. The van der Waals surface area contributed by atoms with Crippen LogP contribution in [-0.4, -0.2) is 12.1 Å². The molecule has 2 bridgehead atoms. The lowest BCUT2D eigenvalue weighted by molar-refractivity contribution is 0.537. The van der Waals surface area contributed by atoms with E-state index in [4.69, 9.17) is 0 Å². The van der Waals surface area contributed by atoms with Gasteiger partial charge in [0.05, 0.1) is 6.04 Å². The van der Waals surface area contributed by atoms with E-state index in [1.165, 1.54) is 6.42 Å². The molecule has 1 saturated carbocycles. The molecule has 2 heteroatoms. The van der Waals surface area contributed by atoms with Crippen molar-refractivity contribution < 1.29 is 4.79 Å². The van der Waals surface area contributed by atoms with E-state index in [2.05, 4.69) is 17.1 Å². The minimum absolute atomic E-state index is 0.257. The van der Waals surface area contributed by atoms with Gasteiger partial charge >= 0.3 is 0 Å². The number of isocyanates is 1. The van der Waals surface area contributed by atoms with Crippen molar-refractivity contribution in [3.8, 4) is 0 Å². The van der Waals surface area contributed by atoms with Crippen LogP contribution in [0.2, 0.25) is 0 Å². The summed E-state index contributed by atoms with van der Waals surface area (Å²) in [6.45, 7) is 0. The molecular formula is C8H9NO. The molecule has 0 aliphatic heterocycles. The lowest BCUT2D eigenvalue weighted by Crippen LogP contribution is -2.09. The van der Waals surface area contributed by atoms with Crippen LogP contribution in [0.3, 0.4) is 0 Å². The van der Waals surface area contributed by atoms with E-state index in [0.717, 1.165) is 6.42 Å². The number of hydrogen-bond acceptors (Lipinski definition) is 2. The van der Waals surface area contributed by atoms with Gasteiger partial charge in [-0.05, 0) is 18.8 Å². The van der Waals surface area contributed by atoms with Crippen molar-refractivity contribution >= 4 is 6.08 Å². The molecule has 1 fully saturated rings. The van der Waals surface area contributed by atoms with Crippen LogP contribution in [0.15, 0.2) is 17.1 Å². The van der Waals surface area contributed by atoms with Crippen molar-refractivity contribution in [1.29, 1.82) is 0 Å². The smallest absolute Gasteiger partial charge is 0.211 e. The molecule has 0 amide bonds. The van der Waals surface area contributed by atoms with Crippen LogP contribution in [0.4, 0.5) is 0 Å². The summed E-state index contributed by atoms with van der Waals surface area (Å²) in [4.78, 5) is 13.7. The van der Waals surface area contributed by atoms with Gasteiger partial charge in [0.1, 0.15) is 0 Å². The summed E-state index contributed by atoms with van der Waals surface area (Å²) in [7, 11) is 0. The van der Waals surface area contributed by atoms with E-state index < -0.39 is 0 Å². The van der Waals surface area contributed by atoms with E-state index in [-0.39, 0.29) is 6.04 Å². The van der Waals surface area contributed by atoms with Crippen molar-refractivity contribution in [2.45, 2.75) is 18.9 Å². The maximum absolute atomic E-state index is 9.92. The van der Waals surface area contributed by atoms with Crippen molar-refractivity contribution in [3.63, 3.8) is 0 Å². The van der Waals surface area contributed by atoms with Gasteiger partial charge < -0.3 is 0 Å². The zero-order valence-corrected chi connectivity index (χ0v) is 5.66. The third-order valence-electron chi connectivity index (χ3n) is 2.46. The first kappa shape index (κ1) is 5.87. The molecule has 2 aliphatic rings. The fourth-order valence-electron chi connectivity index (χ4n) is 1.97. The van der Waals surface area contributed by atoms with Crippen molar-refractivity contribution in [2.75, 3.05) is 0 Å². The predicted molar refractivity (Wildman–Crippen MR) is 37.3 cm³/mol. The Hall–Kier alpha value is -0.880. The summed E-state index contributed by atoms with van der Waals surface area (Å²) in [5.41, 5.74) is 0. The zero-order valence-electron chi connectivity index (χ0n) is 5.66. The van der Waals surface area contributed by atoms with E-state index in [0.29, 0.717) is 11.8 Å². The maximum atomic E-state index is 9.92. The molecule has 0 radical (unpaired) electrons. The monoisotopic (exact) mass is 135 g/mol. The fraction of sp³-hybridized carbons (Fsp3) is 0.625. The Kier molecular flexibility index (Phi) is 1.21. The van der Waals surface area contributed by atoms with Crippen LogP contribution >= 0.6 is 0 Å². The zero-order chi connectivity index (χ0) is 6.97. The minimum atomic E-state index is 0.257. The van der Waals surface area contributed by atoms with Crippen LogP contribution in [0.5, 0.6) is 0 Å². The quantitative estimate of drug-likeness (QED) is 0.302. The van der Waals surface area contributed by atoms with Gasteiger partial charge in [0.2, 0.25) is 6.08 Å². The number of rotatable bonds is 1. The summed E-state index contributed by atoms with van der Waals surface area (Å²) in [6, 6.07) is 0.257. The van der Waals surface area contributed by atoms with Gasteiger partial charge in [-0.2, -0.15) is 0 Å². The molecule has 0 spiro atoms. The van der Waals surface area contributed by atoms with E-state index in [1.54, 1.807) is 6.08 Å². The number of aliphatic imine (C=N–C) groups is 1. The molecule has 52 valence electrons. The van der Waals surface area contributed by atoms with Gasteiger partial charge in [-0.15, -0.1) is 0 Å². The summed E-state index contributed by atoms with van der Waals surface area (Å²) in [5.74, 6) is 1.25. The standard InChI is InChI=1S/C8H9NO/c10-5-9-8-4-6-1-2-7(8)3-6/h1-2,6-8H,3-4H2/t6-,7+,8+/m1/s1. The second kappa shape index (κ2) is 2.06. The summed E-state index contributed by atoms with van der Waals surface area (Å²) in [6.07, 6.45) is 8.32. The first-order valence-electron chi connectivity index (χ1n) is 3.65. The largest absolute Gasteiger partial charge is 0.235 e. The van der Waals surface area contributed by atoms with Gasteiger partial charge in [0, 0.05) is 5.92 Å². The van der Waals surface area contributed by atoms with Gasteiger partial charge in [-0.3, -0.25) is 0 Å².